The Hall–Kier alpha value is -2.04. The molecule has 2 aromatic heterocycles. The fraction of sp³-hybridized carbons (Fsp3) is 0.545. The summed E-state index contributed by atoms with van der Waals surface area (Å²) in [5.41, 5.74) is 10.2. The molecule has 0 saturated carbocycles. The first-order chi connectivity index (χ1) is 9.87. The van der Waals surface area contributed by atoms with E-state index in [0.29, 0.717) is 0 Å². The Morgan fingerprint density at radius 2 is 2.19 bits per heavy atom. The summed E-state index contributed by atoms with van der Waals surface area (Å²) in [6.07, 6.45) is -3.17. The van der Waals surface area contributed by atoms with Crippen molar-refractivity contribution in [3.8, 4) is 0 Å². The average Bonchev–Trinajstić information content (AvgIpc) is 2.95. The molecule has 1 aliphatic rings. The van der Waals surface area contributed by atoms with Crippen molar-refractivity contribution in [1.29, 1.82) is 0 Å². The van der Waals surface area contributed by atoms with Crippen LogP contribution in [0.2, 0.25) is 0 Å². The number of fused-ring (bicyclic) bond motifs is 1. The van der Waals surface area contributed by atoms with Crippen LogP contribution in [0.1, 0.15) is 13.2 Å². The molecule has 0 bridgehead atoms. The largest absolute Gasteiger partial charge is 0.393 e. The molecule has 1 saturated heterocycles. The van der Waals surface area contributed by atoms with Crippen LogP contribution in [0.3, 0.4) is 0 Å². The number of nitrogen functional groups attached to an aromatic ring is 2. The Morgan fingerprint density at radius 1 is 1.48 bits per heavy atom. The molecule has 0 unspecified atom stereocenters. The van der Waals surface area contributed by atoms with E-state index in [1.54, 1.807) is 0 Å². The van der Waals surface area contributed by atoms with E-state index in [1.165, 1.54) is 17.8 Å². The minimum absolute atomic E-state index is 0.0649. The van der Waals surface area contributed by atoms with Gasteiger partial charge in [0, 0.05) is 0 Å². The van der Waals surface area contributed by atoms with Gasteiger partial charge in [-0.25, -0.2) is 9.37 Å². The van der Waals surface area contributed by atoms with Crippen molar-refractivity contribution in [2.24, 2.45) is 0 Å². The molecule has 1 fully saturated rings. The summed E-state index contributed by atoms with van der Waals surface area (Å²) in [7, 11) is 0. The van der Waals surface area contributed by atoms with Crippen molar-refractivity contribution in [3.05, 3.63) is 6.33 Å². The monoisotopic (exact) mass is 298 g/mol. The van der Waals surface area contributed by atoms with Crippen molar-refractivity contribution >= 4 is 22.9 Å². The molecule has 10 heteroatoms. The van der Waals surface area contributed by atoms with Gasteiger partial charge in [0.1, 0.15) is 17.2 Å². The SMILES string of the molecule is C[C@]1(CO)O[C@@H](n2cnc3c(N)nc(N)nc32)[C@@H](F)[C@@H]1O. The molecular formula is C11H15FN6O3. The first-order valence-electron chi connectivity index (χ1n) is 6.23. The summed E-state index contributed by atoms with van der Waals surface area (Å²) in [5, 5.41) is 19.2. The van der Waals surface area contributed by atoms with Gasteiger partial charge < -0.3 is 26.4 Å². The van der Waals surface area contributed by atoms with Crippen molar-refractivity contribution in [2.45, 2.75) is 31.0 Å². The van der Waals surface area contributed by atoms with Crippen LogP contribution in [0.4, 0.5) is 16.2 Å². The molecule has 9 nitrogen and oxygen atoms in total. The molecule has 0 aromatic carbocycles. The third-order valence-corrected chi connectivity index (χ3v) is 3.64. The van der Waals surface area contributed by atoms with E-state index in [2.05, 4.69) is 15.0 Å². The van der Waals surface area contributed by atoms with Crippen LogP contribution in [-0.2, 0) is 4.74 Å². The van der Waals surface area contributed by atoms with Gasteiger partial charge >= 0.3 is 0 Å². The highest BCUT2D eigenvalue weighted by Crippen LogP contribution is 2.39. The highest BCUT2D eigenvalue weighted by molar-refractivity contribution is 5.82. The molecule has 114 valence electrons. The van der Waals surface area contributed by atoms with Gasteiger partial charge in [-0.1, -0.05) is 0 Å². The molecule has 21 heavy (non-hydrogen) atoms. The second-order valence-electron chi connectivity index (χ2n) is 5.16. The molecule has 3 heterocycles. The quantitative estimate of drug-likeness (QED) is 0.550. The fourth-order valence-corrected chi connectivity index (χ4v) is 2.39. The van der Waals surface area contributed by atoms with Gasteiger partial charge in [0.15, 0.2) is 23.9 Å². The van der Waals surface area contributed by atoms with Gasteiger partial charge in [-0.05, 0) is 6.92 Å². The maximum atomic E-state index is 14.3. The van der Waals surface area contributed by atoms with E-state index in [1.807, 2.05) is 0 Å². The van der Waals surface area contributed by atoms with Crippen LogP contribution in [0.25, 0.3) is 11.2 Å². The van der Waals surface area contributed by atoms with Crippen molar-refractivity contribution in [1.82, 2.24) is 19.5 Å². The number of nitrogens with two attached hydrogens (primary N) is 2. The molecule has 0 aliphatic carbocycles. The van der Waals surface area contributed by atoms with Crippen LogP contribution in [-0.4, -0.2) is 54.2 Å². The molecule has 1 aliphatic heterocycles. The number of rotatable bonds is 2. The number of aromatic nitrogens is 4. The molecule has 6 N–H and O–H groups in total. The molecular weight excluding hydrogens is 283 g/mol. The van der Waals surface area contributed by atoms with Crippen LogP contribution < -0.4 is 11.5 Å². The number of anilines is 2. The van der Waals surface area contributed by atoms with Crippen LogP contribution in [0.5, 0.6) is 0 Å². The summed E-state index contributed by atoms with van der Waals surface area (Å²) in [4.78, 5) is 11.7. The van der Waals surface area contributed by atoms with Crippen LogP contribution in [0, 0.1) is 0 Å². The van der Waals surface area contributed by atoms with Gasteiger partial charge in [-0.15, -0.1) is 0 Å². The lowest BCUT2D eigenvalue weighted by Gasteiger charge is -2.24. The third-order valence-electron chi connectivity index (χ3n) is 3.64. The zero-order valence-electron chi connectivity index (χ0n) is 11.1. The molecule has 2 aromatic rings. The van der Waals surface area contributed by atoms with Crippen LogP contribution >= 0.6 is 0 Å². The van der Waals surface area contributed by atoms with E-state index < -0.39 is 30.7 Å². The van der Waals surface area contributed by atoms with Gasteiger partial charge in [0.05, 0.1) is 12.9 Å². The molecule has 0 spiro atoms. The minimum Gasteiger partial charge on any atom is -0.393 e. The summed E-state index contributed by atoms with van der Waals surface area (Å²) < 4.78 is 21.1. The fourth-order valence-electron chi connectivity index (χ4n) is 2.39. The number of alkyl halides is 1. The lowest BCUT2D eigenvalue weighted by Crippen LogP contribution is -2.42. The summed E-state index contributed by atoms with van der Waals surface area (Å²) in [5.74, 6) is -0.0178. The normalized spacial score (nSPS) is 32.9. The number of nitrogens with zero attached hydrogens (tertiary/aromatic N) is 4. The zero-order valence-corrected chi connectivity index (χ0v) is 11.1. The smallest absolute Gasteiger partial charge is 0.224 e. The van der Waals surface area contributed by atoms with E-state index in [9.17, 15) is 14.6 Å². The lowest BCUT2D eigenvalue weighted by molar-refractivity contribution is -0.115. The number of hydrogen-bond acceptors (Lipinski definition) is 8. The maximum Gasteiger partial charge on any atom is 0.224 e. The van der Waals surface area contributed by atoms with Crippen molar-refractivity contribution in [3.63, 3.8) is 0 Å². The van der Waals surface area contributed by atoms with Gasteiger partial charge in [-0.3, -0.25) is 4.57 Å². The van der Waals surface area contributed by atoms with Gasteiger partial charge in [0.25, 0.3) is 0 Å². The van der Waals surface area contributed by atoms with E-state index in [0.717, 1.165) is 0 Å². The first-order valence-corrected chi connectivity index (χ1v) is 6.23. The summed E-state index contributed by atoms with van der Waals surface area (Å²) in [6, 6.07) is 0. The van der Waals surface area contributed by atoms with Crippen molar-refractivity contribution in [2.75, 3.05) is 18.1 Å². The second-order valence-corrected chi connectivity index (χ2v) is 5.16. The lowest BCUT2D eigenvalue weighted by atomic mass is 9.99. The van der Waals surface area contributed by atoms with Crippen LogP contribution in [0.15, 0.2) is 6.33 Å². The molecule has 3 rings (SSSR count). The first kappa shape index (κ1) is 13.9. The molecule has 0 amide bonds. The number of aliphatic hydroxyl groups excluding tert-OH is 2. The number of ether oxygens (including phenoxy) is 1. The molecule has 0 radical (unpaired) electrons. The van der Waals surface area contributed by atoms with E-state index in [-0.39, 0.29) is 22.9 Å². The number of aliphatic hydroxyl groups is 2. The number of halogens is 1. The zero-order chi connectivity index (χ0) is 15.4. The number of imidazole rings is 1. The Bertz CT molecular complexity index is 694. The standard InChI is InChI=1S/C11H15FN6O3/c1-11(2-19)6(20)4(12)9(21-11)18-3-15-5-7(13)16-10(14)17-8(5)18/h3-4,6,9,19-20H,2H2,1H3,(H4,13,14,16,17)/t4-,6-,9+,11+/m0/s1. The topological polar surface area (TPSA) is 145 Å². The second kappa shape index (κ2) is 4.48. The minimum atomic E-state index is -1.77. The Labute approximate surface area is 118 Å². The maximum absolute atomic E-state index is 14.3. The highest BCUT2D eigenvalue weighted by atomic mass is 19.1. The van der Waals surface area contributed by atoms with E-state index in [4.69, 9.17) is 16.2 Å². The Kier molecular flexibility index (Phi) is 2.97. The van der Waals surface area contributed by atoms with Gasteiger partial charge in [-0.2, -0.15) is 9.97 Å². The Balaban J connectivity index is 2.10. The van der Waals surface area contributed by atoms with E-state index >= 15 is 0 Å². The average molecular weight is 298 g/mol. The Morgan fingerprint density at radius 3 is 2.81 bits per heavy atom. The van der Waals surface area contributed by atoms with Crippen molar-refractivity contribution < 1.29 is 19.3 Å². The number of hydrogen-bond donors (Lipinski definition) is 4. The third kappa shape index (κ3) is 1.91. The highest BCUT2D eigenvalue weighted by Gasteiger charge is 2.53. The molecule has 4 atom stereocenters. The van der Waals surface area contributed by atoms with Gasteiger partial charge in [0.2, 0.25) is 5.95 Å². The predicted molar refractivity (Wildman–Crippen MR) is 70.7 cm³/mol. The summed E-state index contributed by atoms with van der Waals surface area (Å²) in [6.45, 7) is 0.887. The predicted octanol–water partition coefficient (Wildman–Crippen LogP) is -1.03. The summed E-state index contributed by atoms with van der Waals surface area (Å²) >= 11 is 0.